The Bertz CT molecular complexity index is 578. The Kier molecular flexibility index (Phi) is 7.89. The van der Waals surface area contributed by atoms with Crippen LogP contribution in [0.1, 0.15) is 46.5 Å². The maximum Gasteiger partial charge on any atom is 0.319 e. The average Bonchev–Trinajstić information content (AvgIpc) is 2.61. The van der Waals surface area contributed by atoms with E-state index in [1.165, 1.54) is 0 Å². The Balaban J connectivity index is 1.70. The molecule has 0 saturated heterocycles. The van der Waals surface area contributed by atoms with Crippen molar-refractivity contribution in [3.63, 3.8) is 0 Å². The van der Waals surface area contributed by atoms with Gasteiger partial charge in [0.15, 0.2) is 0 Å². The lowest BCUT2D eigenvalue weighted by Gasteiger charge is -2.26. The van der Waals surface area contributed by atoms with Crippen molar-refractivity contribution in [2.75, 3.05) is 18.5 Å². The quantitative estimate of drug-likeness (QED) is 0.500. The smallest absolute Gasteiger partial charge is 0.319 e. The lowest BCUT2D eigenvalue weighted by Crippen LogP contribution is -2.42. The van der Waals surface area contributed by atoms with E-state index in [0.29, 0.717) is 18.0 Å². The average molecular weight is 380 g/mol. The van der Waals surface area contributed by atoms with Crippen LogP contribution >= 0.6 is 0 Å². The second-order valence-corrected chi connectivity index (χ2v) is 8.22. The van der Waals surface area contributed by atoms with Crippen molar-refractivity contribution in [1.82, 2.24) is 10.6 Å². The van der Waals surface area contributed by atoms with Crippen LogP contribution in [0.4, 0.5) is 10.5 Å². The predicted octanol–water partition coefficient (Wildman–Crippen LogP) is 2.24. The first-order valence-corrected chi connectivity index (χ1v) is 9.63. The standard InChI is InChI=1S/C20H33N3O4/c1-20(2,3)21-12-17(25)13-27-18-10-6-15(7-11-18)23-19(26)22-14-4-8-16(24)9-5-14/h6-7,10-11,14,16-17,21,24-25H,4-5,8-9,12-13H2,1-3H3,(H2,22,23,26)/t14?,16?,17-/m1/s1. The molecular weight excluding hydrogens is 346 g/mol. The zero-order valence-electron chi connectivity index (χ0n) is 16.5. The summed E-state index contributed by atoms with van der Waals surface area (Å²) in [6, 6.07) is 6.92. The Labute approximate surface area is 161 Å². The van der Waals surface area contributed by atoms with Crippen LogP contribution in [-0.4, -0.2) is 53.2 Å². The molecule has 2 rings (SSSR count). The van der Waals surface area contributed by atoms with Crippen LogP contribution < -0.4 is 20.7 Å². The van der Waals surface area contributed by atoms with Gasteiger partial charge in [-0.3, -0.25) is 0 Å². The van der Waals surface area contributed by atoms with Crippen molar-refractivity contribution in [3.8, 4) is 5.75 Å². The van der Waals surface area contributed by atoms with Crippen molar-refractivity contribution in [2.24, 2.45) is 0 Å². The molecule has 1 aliphatic carbocycles. The normalized spacial score (nSPS) is 21.4. The van der Waals surface area contributed by atoms with Gasteiger partial charge in [-0.15, -0.1) is 0 Å². The molecule has 0 unspecified atom stereocenters. The van der Waals surface area contributed by atoms with Gasteiger partial charge >= 0.3 is 6.03 Å². The van der Waals surface area contributed by atoms with Crippen LogP contribution in [0, 0.1) is 0 Å². The molecule has 0 spiro atoms. The van der Waals surface area contributed by atoms with Gasteiger partial charge in [-0.2, -0.15) is 0 Å². The van der Waals surface area contributed by atoms with E-state index in [1.54, 1.807) is 24.3 Å². The van der Waals surface area contributed by atoms with Crippen LogP contribution in [0.25, 0.3) is 0 Å². The van der Waals surface area contributed by atoms with E-state index in [1.807, 2.05) is 20.8 Å². The maximum atomic E-state index is 12.1. The van der Waals surface area contributed by atoms with Crippen molar-refractivity contribution in [3.05, 3.63) is 24.3 Å². The maximum absolute atomic E-state index is 12.1. The molecule has 5 N–H and O–H groups in total. The van der Waals surface area contributed by atoms with E-state index in [0.717, 1.165) is 25.7 Å². The first kappa shape index (κ1) is 21.5. The molecule has 1 aromatic carbocycles. The summed E-state index contributed by atoms with van der Waals surface area (Å²) in [4.78, 5) is 12.1. The number of benzene rings is 1. The van der Waals surface area contributed by atoms with Crippen molar-refractivity contribution >= 4 is 11.7 Å². The number of anilines is 1. The minimum absolute atomic E-state index is 0.0493. The Morgan fingerprint density at radius 2 is 1.81 bits per heavy atom. The lowest BCUT2D eigenvalue weighted by atomic mass is 9.93. The van der Waals surface area contributed by atoms with E-state index >= 15 is 0 Å². The Morgan fingerprint density at radius 1 is 1.19 bits per heavy atom. The van der Waals surface area contributed by atoms with E-state index in [9.17, 15) is 15.0 Å². The van der Waals surface area contributed by atoms with Gasteiger partial charge in [0.25, 0.3) is 0 Å². The third kappa shape index (κ3) is 8.60. The summed E-state index contributed by atoms with van der Waals surface area (Å²) in [5.74, 6) is 0.636. The first-order chi connectivity index (χ1) is 12.7. The highest BCUT2D eigenvalue weighted by Gasteiger charge is 2.20. The Hall–Kier alpha value is -1.83. The number of ether oxygens (including phenoxy) is 1. The zero-order chi connectivity index (χ0) is 19.9. The molecule has 0 aromatic heterocycles. The highest BCUT2D eigenvalue weighted by Crippen LogP contribution is 2.19. The van der Waals surface area contributed by atoms with Gasteiger partial charge in [-0.05, 0) is 70.7 Å². The minimum atomic E-state index is -0.596. The summed E-state index contributed by atoms with van der Waals surface area (Å²) >= 11 is 0. The fraction of sp³-hybridized carbons (Fsp3) is 0.650. The lowest BCUT2D eigenvalue weighted by molar-refractivity contribution is 0.100. The second kappa shape index (κ2) is 9.92. The van der Waals surface area contributed by atoms with Gasteiger partial charge in [-0.1, -0.05) is 0 Å². The summed E-state index contributed by atoms with van der Waals surface area (Å²) < 4.78 is 5.58. The van der Waals surface area contributed by atoms with Crippen molar-refractivity contribution in [1.29, 1.82) is 0 Å². The molecule has 1 saturated carbocycles. The zero-order valence-corrected chi connectivity index (χ0v) is 16.5. The number of carbonyl (C=O) groups excluding carboxylic acids is 1. The highest BCUT2D eigenvalue weighted by atomic mass is 16.5. The number of carbonyl (C=O) groups is 1. The van der Waals surface area contributed by atoms with Gasteiger partial charge in [0, 0.05) is 23.8 Å². The number of β-amino-alcohol motifs (C(OH)–C–C–N with tert-alkyl or cyclic N) is 1. The molecule has 0 aliphatic heterocycles. The van der Waals surface area contributed by atoms with Crippen LogP contribution in [-0.2, 0) is 0 Å². The fourth-order valence-corrected chi connectivity index (χ4v) is 2.88. The SMILES string of the molecule is CC(C)(C)NC[C@@H](O)COc1ccc(NC(=O)NC2CCC(O)CC2)cc1. The van der Waals surface area contributed by atoms with E-state index in [4.69, 9.17) is 4.74 Å². The minimum Gasteiger partial charge on any atom is -0.491 e. The third-order valence-electron chi connectivity index (χ3n) is 4.45. The van der Waals surface area contributed by atoms with Gasteiger partial charge in [-0.25, -0.2) is 4.79 Å². The van der Waals surface area contributed by atoms with E-state index < -0.39 is 6.10 Å². The number of hydrogen-bond acceptors (Lipinski definition) is 5. The van der Waals surface area contributed by atoms with Crippen molar-refractivity contribution < 1.29 is 19.7 Å². The summed E-state index contributed by atoms with van der Waals surface area (Å²) in [6.07, 6.45) is 2.23. The van der Waals surface area contributed by atoms with Crippen LogP contribution in [0.3, 0.4) is 0 Å². The monoisotopic (exact) mass is 379 g/mol. The molecule has 152 valence electrons. The second-order valence-electron chi connectivity index (χ2n) is 8.22. The molecule has 1 aliphatic rings. The summed E-state index contributed by atoms with van der Waals surface area (Å²) in [6.45, 7) is 6.78. The van der Waals surface area contributed by atoms with Gasteiger partial charge < -0.3 is 30.9 Å². The molecule has 27 heavy (non-hydrogen) atoms. The molecule has 1 aromatic rings. The molecular formula is C20H33N3O4. The number of aliphatic hydroxyl groups excluding tert-OH is 2. The van der Waals surface area contributed by atoms with Gasteiger partial charge in [0.05, 0.1) is 6.10 Å². The molecule has 2 amide bonds. The largest absolute Gasteiger partial charge is 0.491 e. The molecule has 7 heteroatoms. The number of aliphatic hydroxyl groups is 2. The number of nitrogens with one attached hydrogen (secondary N) is 3. The summed E-state index contributed by atoms with van der Waals surface area (Å²) in [7, 11) is 0. The fourth-order valence-electron chi connectivity index (χ4n) is 2.88. The first-order valence-electron chi connectivity index (χ1n) is 9.63. The number of rotatable bonds is 7. The Morgan fingerprint density at radius 3 is 2.41 bits per heavy atom. The van der Waals surface area contributed by atoms with Crippen LogP contribution in [0.15, 0.2) is 24.3 Å². The van der Waals surface area contributed by atoms with E-state index in [2.05, 4.69) is 16.0 Å². The highest BCUT2D eigenvalue weighted by molar-refractivity contribution is 5.89. The predicted molar refractivity (Wildman–Crippen MR) is 106 cm³/mol. The molecule has 1 fully saturated rings. The summed E-state index contributed by atoms with van der Waals surface area (Å²) in [5, 5.41) is 28.4. The van der Waals surface area contributed by atoms with Gasteiger partial charge in [0.1, 0.15) is 18.5 Å². The molecule has 0 heterocycles. The third-order valence-corrected chi connectivity index (χ3v) is 4.45. The van der Waals surface area contributed by atoms with Gasteiger partial charge in [0.2, 0.25) is 0 Å². The van der Waals surface area contributed by atoms with Crippen LogP contribution in [0.5, 0.6) is 5.75 Å². The summed E-state index contributed by atoms with van der Waals surface area (Å²) in [5.41, 5.74) is 0.623. The molecule has 7 nitrogen and oxygen atoms in total. The number of amides is 2. The molecule has 0 radical (unpaired) electrons. The number of hydrogen-bond donors (Lipinski definition) is 5. The number of urea groups is 1. The molecule has 1 atom stereocenters. The van der Waals surface area contributed by atoms with Crippen LogP contribution in [0.2, 0.25) is 0 Å². The van der Waals surface area contributed by atoms with Crippen molar-refractivity contribution in [2.45, 2.75) is 70.2 Å². The topological polar surface area (TPSA) is 103 Å². The molecule has 0 bridgehead atoms. The van der Waals surface area contributed by atoms with E-state index in [-0.39, 0.29) is 30.3 Å².